The fourth-order valence-corrected chi connectivity index (χ4v) is 2.88. The molecule has 7 nitrogen and oxygen atoms in total. The topological polar surface area (TPSA) is 69.7 Å². The van der Waals surface area contributed by atoms with Crippen LogP contribution in [0.1, 0.15) is 26.3 Å². The number of nitrogens with zero attached hydrogens (tertiary/aromatic N) is 3. The van der Waals surface area contributed by atoms with E-state index in [1.807, 2.05) is 31.7 Å². The van der Waals surface area contributed by atoms with Crippen LogP contribution < -0.4 is 20.3 Å². The van der Waals surface area contributed by atoms with E-state index in [0.717, 1.165) is 43.4 Å². The summed E-state index contributed by atoms with van der Waals surface area (Å²) in [5.41, 5.74) is 0.887. The van der Waals surface area contributed by atoms with Gasteiger partial charge < -0.3 is 25.2 Å². The summed E-state index contributed by atoms with van der Waals surface area (Å²) in [6, 6.07) is 4.13. The highest BCUT2D eigenvalue weighted by atomic mass is 35.5. The maximum Gasteiger partial charge on any atom is 0.317 e. The molecule has 3 rings (SSSR count). The molecule has 148 valence electrons. The molecule has 1 aromatic heterocycles. The van der Waals surface area contributed by atoms with Gasteiger partial charge >= 0.3 is 6.03 Å². The summed E-state index contributed by atoms with van der Waals surface area (Å²) in [4.78, 5) is 21.0. The molecule has 9 heteroatoms. The second kappa shape index (κ2) is 9.48. The number of ether oxygens (including phenoxy) is 1. The van der Waals surface area contributed by atoms with Crippen LogP contribution >= 0.6 is 24.8 Å². The third-order valence-electron chi connectivity index (χ3n) is 4.13. The van der Waals surface area contributed by atoms with Gasteiger partial charge in [0.25, 0.3) is 0 Å². The highest BCUT2D eigenvalue weighted by Crippen LogP contribution is 2.23. The Balaban J connectivity index is 0.00000169. The second-order valence-electron chi connectivity index (χ2n) is 7.31. The zero-order valence-electron chi connectivity index (χ0n) is 15.6. The number of halogens is 2. The second-order valence-corrected chi connectivity index (χ2v) is 7.31. The molecule has 0 unspecified atom stereocenters. The van der Waals surface area contributed by atoms with Crippen molar-refractivity contribution < 1.29 is 9.53 Å². The quantitative estimate of drug-likeness (QED) is 0.747. The number of carbonyl (C=O) groups excluding carboxylic acids is 1. The number of urea groups is 1. The van der Waals surface area contributed by atoms with Gasteiger partial charge in [-0.15, -0.1) is 24.8 Å². The zero-order chi connectivity index (χ0) is 17.2. The molecule has 26 heavy (non-hydrogen) atoms. The van der Waals surface area contributed by atoms with Crippen molar-refractivity contribution in [3.05, 3.63) is 17.7 Å². The van der Waals surface area contributed by atoms with Gasteiger partial charge in [-0.25, -0.2) is 4.79 Å². The summed E-state index contributed by atoms with van der Waals surface area (Å²) < 4.78 is 5.72. The van der Waals surface area contributed by atoms with Crippen LogP contribution in [0.4, 0.5) is 10.6 Å². The molecule has 0 atom stereocenters. The number of hydrogen-bond donors (Lipinski definition) is 2. The van der Waals surface area contributed by atoms with E-state index in [1.54, 1.807) is 0 Å². The summed E-state index contributed by atoms with van der Waals surface area (Å²) in [6.07, 6.45) is 0. The molecule has 2 aliphatic rings. The average Bonchev–Trinajstić information content (AvgIpc) is 2.78. The molecule has 0 bridgehead atoms. The maximum atomic E-state index is 12.2. The summed E-state index contributed by atoms with van der Waals surface area (Å²) in [5, 5.41) is 6.33. The van der Waals surface area contributed by atoms with Crippen molar-refractivity contribution in [1.29, 1.82) is 0 Å². The number of anilines is 1. The summed E-state index contributed by atoms with van der Waals surface area (Å²) in [5.74, 6) is 1.65. The van der Waals surface area contributed by atoms with Crippen molar-refractivity contribution in [2.75, 3.05) is 44.2 Å². The number of piperazine rings is 1. The first-order valence-electron chi connectivity index (χ1n) is 8.58. The molecule has 1 aromatic rings. The molecular formula is C17H29Cl2N5O2. The fourth-order valence-electron chi connectivity index (χ4n) is 2.88. The Morgan fingerprint density at radius 2 is 1.88 bits per heavy atom. The molecule has 0 saturated carbocycles. The molecule has 1 saturated heterocycles. The number of fused-ring (bicyclic) bond motifs is 1. The molecular weight excluding hydrogens is 377 g/mol. The molecule has 1 fully saturated rings. The van der Waals surface area contributed by atoms with Crippen molar-refractivity contribution in [2.24, 2.45) is 0 Å². The van der Waals surface area contributed by atoms with Crippen molar-refractivity contribution >= 4 is 36.7 Å². The number of pyridine rings is 1. The number of nitrogens with one attached hydrogen (secondary N) is 2. The smallest absolute Gasteiger partial charge is 0.317 e. The Bertz CT molecular complexity index is 601. The number of hydrogen-bond acceptors (Lipinski definition) is 5. The van der Waals surface area contributed by atoms with E-state index in [-0.39, 0.29) is 36.4 Å². The Morgan fingerprint density at radius 3 is 2.54 bits per heavy atom. The van der Waals surface area contributed by atoms with Gasteiger partial charge in [0.1, 0.15) is 12.4 Å². The van der Waals surface area contributed by atoms with Crippen LogP contribution in [0, 0.1) is 0 Å². The van der Waals surface area contributed by atoms with Crippen LogP contribution in [0.5, 0.6) is 5.88 Å². The normalized spacial score (nSPS) is 17.0. The zero-order valence-corrected chi connectivity index (χ0v) is 17.2. The Kier molecular flexibility index (Phi) is 8.24. The third-order valence-corrected chi connectivity index (χ3v) is 4.13. The molecule has 2 aliphatic heterocycles. The van der Waals surface area contributed by atoms with Gasteiger partial charge in [-0.1, -0.05) is 0 Å². The van der Waals surface area contributed by atoms with E-state index >= 15 is 0 Å². The van der Waals surface area contributed by atoms with Crippen LogP contribution in [0.25, 0.3) is 0 Å². The molecule has 3 heterocycles. The highest BCUT2D eigenvalue weighted by Gasteiger charge is 2.25. The first-order chi connectivity index (χ1) is 11.4. The minimum atomic E-state index is -0.210. The molecule has 0 aromatic carbocycles. The Labute approximate surface area is 167 Å². The van der Waals surface area contributed by atoms with E-state index in [2.05, 4.69) is 26.6 Å². The summed E-state index contributed by atoms with van der Waals surface area (Å²) in [6.45, 7) is 11.2. The van der Waals surface area contributed by atoms with Gasteiger partial charge in [0.05, 0.1) is 0 Å². The van der Waals surface area contributed by atoms with Crippen molar-refractivity contribution in [3.63, 3.8) is 0 Å². The van der Waals surface area contributed by atoms with E-state index in [1.165, 1.54) is 0 Å². The van der Waals surface area contributed by atoms with Crippen LogP contribution in [0.2, 0.25) is 0 Å². The number of aromatic nitrogens is 1. The van der Waals surface area contributed by atoms with Crippen molar-refractivity contribution in [3.8, 4) is 5.88 Å². The number of amides is 2. The lowest BCUT2D eigenvalue weighted by atomic mass is 10.1. The van der Waals surface area contributed by atoms with Crippen molar-refractivity contribution in [1.82, 2.24) is 20.5 Å². The first-order valence-corrected chi connectivity index (χ1v) is 8.58. The number of rotatable bonds is 1. The van der Waals surface area contributed by atoms with Gasteiger partial charge in [0.2, 0.25) is 5.88 Å². The molecule has 2 amide bonds. The SMILES string of the molecule is CC(C)(C)NC(=O)N1CCN(c2ccc3c(n2)OCCNC3)CC1.Cl.Cl. The van der Waals surface area contributed by atoms with Gasteiger partial charge in [0, 0.05) is 50.4 Å². The Morgan fingerprint density at radius 1 is 1.19 bits per heavy atom. The van der Waals surface area contributed by atoms with Gasteiger partial charge in [0.15, 0.2) is 0 Å². The third kappa shape index (κ3) is 5.79. The predicted molar refractivity (Wildman–Crippen MR) is 108 cm³/mol. The van der Waals surface area contributed by atoms with Gasteiger partial charge in [-0.2, -0.15) is 4.98 Å². The van der Waals surface area contributed by atoms with Crippen molar-refractivity contribution in [2.45, 2.75) is 32.9 Å². The predicted octanol–water partition coefficient (Wildman–Crippen LogP) is 2.04. The maximum absolute atomic E-state index is 12.2. The highest BCUT2D eigenvalue weighted by molar-refractivity contribution is 5.85. The minimum Gasteiger partial charge on any atom is -0.476 e. The van der Waals surface area contributed by atoms with Crippen LogP contribution in [-0.2, 0) is 6.54 Å². The lowest BCUT2D eigenvalue weighted by Gasteiger charge is -2.37. The van der Waals surface area contributed by atoms with E-state index in [0.29, 0.717) is 19.7 Å². The molecule has 0 aliphatic carbocycles. The van der Waals surface area contributed by atoms with Crippen LogP contribution in [-0.4, -0.2) is 60.8 Å². The molecule has 0 spiro atoms. The first kappa shape index (κ1) is 22.6. The van der Waals surface area contributed by atoms with Crippen LogP contribution in [0.15, 0.2) is 12.1 Å². The van der Waals surface area contributed by atoms with E-state index in [4.69, 9.17) is 4.74 Å². The monoisotopic (exact) mass is 405 g/mol. The molecule has 2 N–H and O–H groups in total. The standard InChI is InChI=1S/C17H27N5O2.2ClH/c1-17(2,3)20-16(23)22-9-7-21(8-10-22)14-5-4-13-12-18-6-11-24-15(13)19-14;;/h4-5,18H,6-12H2,1-3H3,(H,20,23);2*1H. The molecule has 0 radical (unpaired) electrons. The Hall–Kier alpha value is -1.44. The van der Waals surface area contributed by atoms with E-state index < -0.39 is 0 Å². The largest absolute Gasteiger partial charge is 0.476 e. The van der Waals surface area contributed by atoms with Crippen LogP contribution in [0.3, 0.4) is 0 Å². The lowest BCUT2D eigenvalue weighted by Crippen LogP contribution is -2.55. The summed E-state index contributed by atoms with van der Waals surface area (Å²) >= 11 is 0. The minimum absolute atomic E-state index is 0. The fraction of sp³-hybridized carbons (Fsp3) is 0.647. The summed E-state index contributed by atoms with van der Waals surface area (Å²) in [7, 11) is 0. The van der Waals surface area contributed by atoms with E-state index in [9.17, 15) is 4.79 Å². The lowest BCUT2D eigenvalue weighted by molar-refractivity contribution is 0.185. The van der Waals surface area contributed by atoms with Gasteiger partial charge in [-0.05, 0) is 32.9 Å². The number of carbonyl (C=O) groups is 1. The van der Waals surface area contributed by atoms with Gasteiger partial charge in [-0.3, -0.25) is 0 Å². The average molecular weight is 406 g/mol.